The van der Waals surface area contributed by atoms with Crippen LogP contribution in [-0.2, 0) is 11.3 Å². The van der Waals surface area contributed by atoms with Crippen molar-refractivity contribution in [2.75, 3.05) is 0 Å². The maximum absolute atomic E-state index is 12.6. The van der Waals surface area contributed by atoms with E-state index in [2.05, 4.69) is 29.4 Å². The second-order valence-electron chi connectivity index (χ2n) is 6.04. The van der Waals surface area contributed by atoms with Crippen LogP contribution in [0.25, 0.3) is 5.65 Å². The summed E-state index contributed by atoms with van der Waals surface area (Å²) in [5.41, 5.74) is 0.779. The zero-order chi connectivity index (χ0) is 16.2. The maximum atomic E-state index is 12.6. The fraction of sp³-hybridized carbons (Fsp3) is 0.353. The van der Waals surface area contributed by atoms with Crippen LogP contribution in [0, 0.1) is 5.92 Å². The number of carbonyl (C=O) groups is 1. The highest BCUT2D eigenvalue weighted by molar-refractivity contribution is 5.80. The SMILES string of the molecule is CC(C)C[C@@H](C(=O)NCc1nnc2ccccn12)n1cccc1. The lowest BCUT2D eigenvalue weighted by molar-refractivity contribution is -0.125. The topological polar surface area (TPSA) is 64.2 Å². The lowest BCUT2D eigenvalue weighted by atomic mass is 10.0. The van der Waals surface area contributed by atoms with Crippen molar-refractivity contribution in [3.63, 3.8) is 0 Å². The summed E-state index contributed by atoms with van der Waals surface area (Å²) in [6, 6.07) is 9.39. The van der Waals surface area contributed by atoms with E-state index in [0.29, 0.717) is 12.5 Å². The molecule has 0 aliphatic heterocycles. The average molecular weight is 311 g/mol. The Bertz CT molecular complexity index is 775. The van der Waals surface area contributed by atoms with E-state index in [0.717, 1.165) is 17.9 Å². The van der Waals surface area contributed by atoms with Crippen LogP contribution in [0.3, 0.4) is 0 Å². The fourth-order valence-electron chi connectivity index (χ4n) is 2.66. The van der Waals surface area contributed by atoms with Gasteiger partial charge in [0.05, 0.1) is 6.54 Å². The van der Waals surface area contributed by atoms with Crippen LogP contribution in [0.15, 0.2) is 48.9 Å². The summed E-state index contributed by atoms with van der Waals surface area (Å²) in [4.78, 5) is 12.6. The highest BCUT2D eigenvalue weighted by Gasteiger charge is 2.21. The first kappa shape index (κ1) is 15.3. The Morgan fingerprint density at radius 3 is 2.61 bits per heavy atom. The molecule has 3 aromatic rings. The predicted molar refractivity (Wildman–Crippen MR) is 87.8 cm³/mol. The predicted octanol–water partition coefficient (Wildman–Crippen LogP) is 2.43. The second kappa shape index (κ2) is 6.64. The Morgan fingerprint density at radius 2 is 1.87 bits per heavy atom. The number of aromatic nitrogens is 4. The molecule has 1 amide bonds. The first-order valence-corrected chi connectivity index (χ1v) is 7.84. The molecule has 1 N–H and O–H groups in total. The molecule has 0 bridgehead atoms. The van der Waals surface area contributed by atoms with E-state index in [-0.39, 0.29) is 11.9 Å². The quantitative estimate of drug-likeness (QED) is 0.760. The molecular weight excluding hydrogens is 290 g/mol. The molecule has 0 fully saturated rings. The van der Waals surface area contributed by atoms with Crippen LogP contribution < -0.4 is 5.32 Å². The van der Waals surface area contributed by atoms with Gasteiger partial charge in [-0.3, -0.25) is 9.20 Å². The number of hydrogen-bond acceptors (Lipinski definition) is 3. The standard InChI is InChI=1S/C17H21N5O/c1-13(2)11-14(21-8-5-6-9-21)17(23)18-12-16-20-19-15-7-3-4-10-22(15)16/h3-10,13-14H,11-12H2,1-2H3,(H,18,23)/t14-/m0/s1. The number of hydrogen-bond donors (Lipinski definition) is 1. The second-order valence-corrected chi connectivity index (χ2v) is 6.04. The number of nitrogens with zero attached hydrogens (tertiary/aromatic N) is 4. The average Bonchev–Trinajstić information content (AvgIpc) is 3.20. The highest BCUT2D eigenvalue weighted by Crippen LogP contribution is 2.18. The molecule has 0 spiro atoms. The summed E-state index contributed by atoms with van der Waals surface area (Å²) >= 11 is 0. The van der Waals surface area contributed by atoms with Crippen molar-refractivity contribution in [2.45, 2.75) is 32.9 Å². The number of fused-ring (bicyclic) bond motifs is 1. The lowest BCUT2D eigenvalue weighted by Gasteiger charge is -2.20. The molecule has 6 heteroatoms. The third kappa shape index (κ3) is 3.41. The van der Waals surface area contributed by atoms with Gasteiger partial charge in [-0.1, -0.05) is 19.9 Å². The largest absolute Gasteiger partial charge is 0.347 e. The monoisotopic (exact) mass is 311 g/mol. The van der Waals surface area contributed by atoms with Crippen LogP contribution in [0.5, 0.6) is 0 Å². The van der Waals surface area contributed by atoms with Crippen molar-refractivity contribution in [3.05, 3.63) is 54.7 Å². The van der Waals surface area contributed by atoms with Crippen molar-refractivity contribution >= 4 is 11.6 Å². The van der Waals surface area contributed by atoms with Crippen LogP contribution in [0.4, 0.5) is 0 Å². The van der Waals surface area contributed by atoms with Crippen LogP contribution in [0.2, 0.25) is 0 Å². The molecule has 0 aliphatic carbocycles. The first-order chi connectivity index (χ1) is 11.1. The Kier molecular flexibility index (Phi) is 4.41. The van der Waals surface area contributed by atoms with Crippen molar-refractivity contribution in [3.8, 4) is 0 Å². The smallest absolute Gasteiger partial charge is 0.243 e. The molecule has 6 nitrogen and oxygen atoms in total. The first-order valence-electron chi connectivity index (χ1n) is 7.84. The van der Waals surface area contributed by atoms with Crippen LogP contribution in [-0.4, -0.2) is 25.1 Å². The van der Waals surface area contributed by atoms with E-state index < -0.39 is 0 Å². The zero-order valence-corrected chi connectivity index (χ0v) is 13.4. The molecule has 0 unspecified atom stereocenters. The summed E-state index contributed by atoms with van der Waals surface area (Å²) in [7, 11) is 0. The molecule has 0 saturated carbocycles. The Balaban J connectivity index is 1.72. The van der Waals surface area contributed by atoms with Crippen molar-refractivity contribution in [2.24, 2.45) is 5.92 Å². The molecule has 3 heterocycles. The van der Waals surface area contributed by atoms with Gasteiger partial charge in [-0.2, -0.15) is 0 Å². The van der Waals surface area contributed by atoms with Crippen LogP contribution >= 0.6 is 0 Å². The van der Waals surface area contributed by atoms with Gasteiger partial charge in [-0.25, -0.2) is 0 Å². The van der Waals surface area contributed by atoms with Gasteiger partial charge in [0, 0.05) is 18.6 Å². The molecule has 120 valence electrons. The maximum Gasteiger partial charge on any atom is 0.243 e. The Morgan fingerprint density at radius 1 is 1.13 bits per heavy atom. The third-order valence-corrected chi connectivity index (χ3v) is 3.79. The molecule has 23 heavy (non-hydrogen) atoms. The molecule has 0 radical (unpaired) electrons. The minimum absolute atomic E-state index is 0.00239. The van der Waals surface area contributed by atoms with Gasteiger partial charge in [0.15, 0.2) is 11.5 Å². The summed E-state index contributed by atoms with van der Waals surface area (Å²) < 4.78 is 3.84. The Hall–Kier alpha value is -2.63. The molecule has 0 aliphatic rings. The van der Waals surface area contributed by atoms with Crippen molar-refractivity contribution in [1.82, 2.24) is 24.5 Å². The molecule has 0 saturated heterocycles. The van der Waals surface area contributed by atoms with E-state index in [1.165, 1.54) is 0 Å². The summed E-state index contributed by atoms with van der Waals surface area (Å²) in [5.74, 6) is 1.16. The number of carbonyl (C=O) groups excluding carboxylic acids is 1. The normalized spacial score (nSPS) is 12.7. The van der Waals surface area contributed by atoms with Crippen molar-refractivity contribution < 1.29 is 4.79 Å². The number of amides is 1. The number of pyridine rings is 1. The zero-order valence-electron chi connectivity index (χ0n) is 13.4. The van der Waals surface area contributed by atoms with E-state index >= 15 is 0 Å². The molecular formula is C17H21N5O. The van der Waals surface area contributed by atoms with E-state index in [4.69, 9.17) is 0 Å². The van der Waals surface area contributed by atoms with E-state index in [1.807, 2.05) is 57.9 Å². The Labute approximate surface area is 135 Å². The lowest BCUT2D eigenvalue weighted by Crippen LogP contribution is -2.33. The van der Waals surface area contributed by atoms with E-state index in [9.17, 15) is 4.79 Å². The van der Waals surface area contributed by atoms with Gasteiger partial charge in [-0.15, -0.1) is 10.2 Å². The molecule has 3 rings (SSSR count). The minimum Gasteiger partial charge on any atom is -0.347 e. The fourth-order valence-corrected chi connectivity index (χ4v) is 2.66. The summed E-state index contributed by atoms with van der Waals surface area (Å²) in [6.45, 7) is 4.60. The van der Waals surface area contributed by atoms with Gasteiger partial charge in [0.2, 0.25) is 5.91 Å². The highest BCUT2D eigenvalue weighted by atomic mass is 16.2. The molecule has 1 atom stereocenters. The third-order valence-electron chi connectivity index (χ3n) is 3.79. The number of nitrogens with one attached hydrogen (secondary N) is 1. The van der Waals surface area contributed by atoms with Gasteiger partial charge in [-0.05, 0) is 36.6 Å². The van der Waals surface area contributed by atoms with E-state index in [1.54, 1.807) is 0 Å². The van der Waals surface area contributed by atoms with Gasteiger partial charge >= 0.3 is 0 Å². The minimum atomic E-state index is -0.204. The summed E-state index contributed by atoms with van der Waals surface area (Å²) in [6.07, 6.45) is 6.55. The van der Waals surface area contributed by atoms with Gasteiger partial charge < -0.3 is 9.88 Å². The van der Waals surface area contributed by atoms with Gasteiger partial charge in [0.1, 0.15) is 6.04 Å². The van der Waals surface area contributed by atoms with Gasteiger partial charge in [0.25, 0.3) is 0 Å². The van der Waals surface area contributed by atoms with Crippen LogP contribution in [0.1, 0.15) is 32.1 Å². The molecule has 0 aromatic carbocycles. The summed E-state index contributed by atoms with van der Waals surface area (Å²) in [5, 5.41) is 11.2. The van der Waals surface area contributed by atoms with Crippen molar-refractivity contribution in [1.29, 1.82) is 0 Å². The molecule has 3 aromatic heterocycles. The number of rotatable bonds is 6.